The lowest BCUT2D eigenvalue weighted by atomic mass is 10.0. The summed E-state index contributed by atoms with van der Waals surface area (Å²) in [6.07, 6.45) is 5.56. The largest absolute Gasteiger partial charge is 0.494 e. The van der Waals surface area contributed by atoms with E-state index in [1.165, 1.54) is 23.1 Å². The van der Waals surface area contributed by atoms with Gasteiger partial charge in [-0.3, -0.25) is 19.3 Å². The van der Waals surface area contributed by atoms with E-state index in [2.05, 4.69) is 15.6 Å². The van der Waals surface area contributed by atoms with Gasteiger partial charge in [0.15, 0.2) is 0 Å². The van der Waals surface area contributed by atoms with Gasteiger partial charge in [-0.2, -0.15) is 0 Å². The van der Waals surface area contributed by atoms with Crippen LogP contribution in [0.15, 0.2) is 72.9 Å². The minimum Gasteiger partial charge on any atom is -0.494 e. The number of nitrogens with one attached hydrogen (secondary N) is 2. The topological polar surface area (TPSA) is 101 Å². The maximum atomic E-state index is 15.2. The van der Waals surface area contributed by atoms with Crippen LogP contribution >= 0.6 is 0 Å². The van der Waals surface area contributed by atoms with Crippen molar-refractivity contribution in [2.45, 2.75) is 64.0 Å². The van der Waals surface area contributed by atoms with Crippen molar-refractivity contribution in [1.82, 2.24) is 10.3 Å². The van der Waals surface area contributed by atoms with Crippen molar-refractivity contribution >= 4 is 29.2 Å². The molecule has 3 aromatic rings. The fourth-order valence-electron chi connectivity index (χ4n) is 4.91. The summed E-state index contributed by atoms with van der Waals surface area (Å²) < 4.78 is 20.7. The number of amides is 3. The molecule has 0 unspecified atom stereocenters. The highest BCUT2D eigenvalue weighted by Gasteiger charge is 2.35. The van der Waals surface area contributed by atoms with Crippen molar-refractivity contribution in [2.24, 2.45) is 0 Å². The molecule has 1 aliphatic carbocycles. The first-order valence-electron chi connectivity index (χ1n) is 13.8. The zero-order valence-electron chi connectivity index (χ0n) is 22.6. The van der Waals surface area contributed by atoms with E-state index in [9.17, 15) is 14.4 Å². The first kappa shape index (κ1) is 28.7. The van der Waals surface area contributed by atoms with Gasteiger partial charge in [-0.25, -0.2) is 9.37 Å². The predicted octanol–water partition coefficient (Wildman–Crippen LogP) is 5.56. The number of carbonyl (C=O) groups excluding carboxylic acids is 3. The minimum atomic E-state index is -1.11. The van der Waals surface area contributed by atoms with E-state index in [0.717, 1.165) is 25.7 Å². The summed E-state index contributed by atoms with van der Waals surface area (Å²) in [7, 11) is 0. The Hall–Kier alpha value is -4.27. The third-order valence-corrected chi connectivity index (χ3v) is 6.82. The van der Waals surface area contributed by atoms with Crippen molar-refractivity contribution in [3.8, 4) is 5.75 Å². The lowest BCUT2D eigenvalue weighted by Gasteiger charge is -2.32. The van der Waals surface area contributed by atoms with Crippen LogP contribution in [0.5, 0.6) is 5.75 Å². The Kier molecular flexibility index (Phi) is 10.2. The number of hydrogen-bond acceptors (Lipinski definition) is 5. The van der Waals surface area contributed by atoms with Gasteiger partial charge in [0.1, 0.15) is 23.4 Å². The Labute approximate surface area is 233 Å². The van der Waals surface area contributed by atoms with Gasteiger partial charge in [0, 0.05) is 25.1 Å². The van der Waals surface area contributed by atoms with Crippen LogP contribution in [0.3, 0.4) is 0 Å². The molecular weight excluding hydrogens is 511 g/mol. The maximum absolute atomic E-state index is 15.2. The Balaban J connectivity index is 1.59. The second-order valence-electron chi connectivity index (χ2n) is 9.73. The van der Waals surface area contributed by atoms with Crippen LogP contribution < -0.4 is 20.3 Å². The van der Waals surface area contributed by atoms with E-state index in [0.29, 0.717) is 23.7 Å². The molecule has 1 aliphatic rings. The second-order valence-corrected chi connectivity index (χ2v) is 9.73. The lowest BCUT2D eigenvalue weighted by Crippen LogP contribution is -2.46. The van der Waals surface area contributed by atoms with Crippen molar-refractivity contribution in [3.05, 3.63) is 84.3 Å². The van der Waals surface area contributed by atoms with Gasteiger partial charge in [0.25, 0.3) is 0 Å². The summed E-state index contributed by atoms with van der Waals surface area (Å²) in [6, 6.07) is 16.9. The number of ether oxygens (including phenoxy) is 1. The molecule has 0 radical (unpaired) electrons. The van der Waals surface area contributed by atoms with Crippen molar-refractivity contribution in [1.29, 1.82) is 0 Å². The fraction of sp³-hybridized carbons (Fsp3) is 0.355. The molecule has 1 atom stereocenters. The van der Waals surface area contributed by atoms with E-state index >= 15 is 4.39 Å². The molecule has 0 saturated heterocycles. The Morgan fingerprint density at radius 2 is 1.73 bits per heavy atom. The average molecular weight is 547 g/mol. The molecule has 9 heteroatoms. The van der Waals surface area contributed by atoms with Gasteiger partial charge in [0.2, 0.25) is 17.7 Å². The molecule has 210 valence electrons. The van der Waals surface area contributed by atoms with E-state index in [4.69, 9.17) is 4.74 Å². The molecule has 3 amide bonds. The number of pyridine rings is 1. The molecule has 0 spiro atoms. The molecule has 1 saturated carbocycles. The van der Waals surface area contributed by atoms with Crippen LogP contribution in [0.4, 0.5) is 15.9 Å². The summed E-state index contributed by atoms with van der Waals surface area (Å²) in [5, 5.41) is 5.78. The first-order valence-corrected chi connectivity index (χ1v) is 13.8. The molecule has 1 heterocycles. The number of benzene rings is 2. The highest BCUT2D eigenvalue weighted by atomic mass is 19.1. The highest BCUT2D eigenvalue weighted by molar-refractivity contribution is 6.01. The second kappa shape index (κ2) is 14.2. The van der Waals surface area contributed by atoms with Gasteiger partial charge in [-0.1, -0.05) is 43.2 Å². The van der Waals surface area contributed by atoms with Crippen molar-refractivity contribution in [3.63, 3.8) is 0 Å². The summed E-state index contributed by atoms with van der Waals surface area (Å²) in [6.45, 7) is 2.36. The Morgan fingerprint density at radius 1 is 1.00 bits per heavy atom. The van der Waals surface area contributed by atoms with Crippen molar-refractivity contribution < 1.29 is 23.5 Å². The zero-order chi connectivity index (χ0) is 28.3. The molecule has 2 N–H and O–H groups in total. The van der Waals surface area contributed by atoms with Crippen LogP contribution in [0.1, 0.15) is 63.5 Å². The number of para-hydroxylation sites is 1. The Bertz CT molecular complexity index is 1280. The minimum absolute atomic E-state index is 0.00515. The number of anilines is 2. The molecule has 0 bridgehead atoms. The zero-order valence-corrected chi connectivity index (χ0v) is 22.6. The van der Waals surface area contributed by atoms with Crippen LogP contribution in [0.25, 0.3) is 0 Å². The monoisotopic (exact) mass is 546 g/mol. The highest BCUT2D eigenvalue weighted by Crippen LogP contribution is 2.32. The molecule has 40 heavy (non-hydrogen) atoms. The molecule has 1 aromatic heterocycles. The third-order valence-electron chi connectivity index (χ3n) is 6.82. The molecule has 4 rings (SSSR count). The molecule has 1 fully saturated rings. The van der Waals surface area contributed by atoms with E-state index in [1.807, 2.05) is 6.92 Å². The van der Waals surface area contributed by atoms with E-state index in [-0.39, 0.29) is 42.8 Å². The SMILES string of the molecule is CCOc1ccc([C@@H](C(=O)NC2CCCC2)N(C(=O)CCCC(=O)Nc2ccccn2)c2ccccc2F)cc1. The van der Waals surface area contributed by atoms with Gasteiger partial charge in [0.05, 0.1) is 12.3 Å². The van der Waals surface area contributed by atoms with Crippen molar-refractivity contribution in [2.75, 3.05) is 16.8 Å². The quantitative estimate of drug-likeness (QED) is 0.310. The number of halogens is 1. The summed E-state index contributed by atoms with van der Waals surface area (Å²) >= 11 is 0. The smallest absolute Gasteiger partial charge is 0.248 e. The van der Waals surface area contributed by atoms with Crippen LogP contribution in [-0.4, -0.2) is 35.4 Å². The van der Waals surface area contributed by atoms with Crippen LogP contribution in [-0.2, 0) is 14.4 Å². The molecule has 2 aromatic carbocycles. The number of nitrogens with zero attached hydrogens (tertiary/aromatic N) is 2. The first-order chi connectivity index (χ1) is 19.5. The summed E-state index contributed by atoms with van der Waals surface area (Å²) in [4.78, 5) is 45.3. The Morgan fingerprint density at radius 3 is 2.40 bits per heavy atom. The van der Waals surface area contributed by atoms with E-state index < -0.39 is 17.8 Å². The summed E-state index contributed by atoms with van der Waals surface area (Å²) in [5.41, 5.74) is 0.536. The fourth-order valence-corrected chi connectivity index (χ4v) is 4.91. The van der Waals surface area contributed by atoms with Gasteiger partial charge in [-0.05, 0) is 68.1 Å². The van der Waals surface area contributed by atoms with E-state index in [1.54, 1.807) is 54.7 Å². The lowest BCUT2D eigenvalue weighted by molar-refractivity contribution is -0.127. The number of rotatable bonds is 12. The normalized spacial score (nSPS) is 13.8. The predicted molar refractivity (Wildman–Crippen MR) is 151 cm³/mol. The van der Waals surface area contributed by atoms with Crippen LogP contribution in [0.2, 0.25) is 0 Å². The summed E-state index contributed by atoms with van der Waals surface area (Å²) in [5.74, 6) is -0.689. The third kappa shape index (κ3) is 7.65. The number of hydrogen-bond donors (Lipinski definition) is 2. The molecule has 8 nitrogen and oxygen atoms in total. The maximum Gasteiger partial charge on any atom is 0.248 e. The molecule has 0 aliphatic heterocycles. The standard InChI is InChI=1S/C31H35FN4O4/c1-2-40-24-19-17-22(18-20-24)30(31(39)34-23-10-3-4-11-23)36(26-13-6-5-12-25(26)32)29(38)16-9-15-28(37)35-27-14-7-8-21-33-27/h5-8,12-14,17-21,23,30H,2-4,9-11,15-16H2,1H3,(H,34,39)(H,33,35,37)/t30-/m0/s1. The number of aromatic nitrogens is 1. The van der Waals surface area contributed by atoms with Gasteiger partial charge < -0.3 is 15.4 Å². The average Bonchev–Trinajstić information content (AvgIpc) is 3.46. The van der Waals surface area contributed by atoms with Gasteiger partial charge >= 0.3 is 0 Å². The number of carbonyl (C=O) groups is 3. The van der Waals surface area contributed by atoms with Gasteiger partial charge in [-0.15, -0.1) is 0 Å². The molecular formula is C31H35FN4O4. The van der Waals surface area contributed by atoms with Crippen LogP contribution in [0, 0.1) is 5.82 Å².